The van der Waals surface area contributed by atoms with Crippen LogP contribution < -0.4 is 10.2 Å². The van der Waals surface area contributed by atoms with E-state index in [1.807, 2.05) is 4.90 Å². The van der Waals surface area contributed by atoms with Crippen LogP contribution in [0.25, 0.3) is 0 Å². The Morgan fingerprint density at radius 1 is 1.39 bits per heavy atom. The Kier molecular flexibility index (Phi) is 3.09. The first-order valence-corrected chi connectivity index (χ1v) is 6.50. The van der Waals surface area contributed by atoms with Gasteiger partial charge in [0.2, 0.25) is 5.91 Å². The number of nitrogens with zero attached hydrogens (tertiary/aromatic N) is 1. The minimum absolute atomic E-state index is 0.0853. The molecule has 0 fully saturated rings. The van der Waals surface area contributed by atoms with E-state index in [9.17, 15) is 4.79 Å². The lowest BCUT2D eigenvalue weighted by atomic mass is 9.96. The zero-order valence-electron chi connectivity index (χ0n) is 11.9. The van der Waals surface area contributed by atoms with Crippen LogP contribution in [0.4, 0.5) is 11.4 Å². The Morgan fingerprint density at radius 2 is 2.06 bits per heavy atom. The number of nitrogens with one attached hydrogen (secondary N) is 1. The molecule has 1 N–H and O–H groups in total. The molecule has 0 saturated carbocycles. The molecular weight excluding hydrogens is 224 g/mol. The van der Waals surface area contributed by atoms with Crippen LogP contribution in [-0.4, -0.2) is 18.0 Å². The molecule has 1 amide bonds. The number of rotatable bonds is 1. The summed E-state index contributed by atoms with van der Waals surface area (Å²) in [4.78, 5) is 13.7. The van der Waals surface area contributed by atoms with Gasteiger partial charge in [0.05, 0.1) is 11.4 Å². The molecule has 0 radical (unpaired) electrons. The molecule has 0 spiro atoms. The van der Waals surface area contributed by atoms with Gasteiger partial charge in [0.15, 0.2) is 0 Å². The molecule has 1 aliphatic rings. The van der Waals surface area contributed by atoms with E-state index in [2.05, 4.69) is 51.2 Å². The number of amides is 1. The van der Waals surface area contributed by atoms with Gasteiger partial charge >= 0.3 is 0 Å². The Labute approximate surface area is 109 Å². The summed E-state index contributed by atoms with van der Waals surface area (Å²) in [5.74, 6) is 0.575. The molecule has 1 heterocycles. The first-order chi connectivity index (χ1) is 8.30. The minimum atomic E-state index is -0.0853. The SMILES string of the molecule is CC(=O)N1CC(C)(C)Nc2ccc(C(C)C)cc21. The minimum Gasteiger partial charge on any atom is -0.377 e. The molecule has 0 saturated heterocycles. The van der Waals surface area contributed by atoms with Crippen LogP contribution in [0, 0.1) is 0 Å². The Bertz CT molecular complexity index is 477. The number of hydrogen-bond acceptors (Lipinski definition) is 2. The highest BCUT2D eigenvalue weighted by Crippen LogP contribution is 2.36. The average molecular weight is 246 g/mol. The van der Waals surface area contributed by atoms with E-state index < -0.39 is 0 Å². The van der Waals surface area contributed by atoms with Crippen LogP contribution in [0.5, 0.6) is 0 Å². The van der Waals surface area contributed by atoms with Gasteiger partial charge in [-0.2, -0.15) is 0 Å². The molecule has 18 heavy (non-hydrogen) atoms. The lowest BCUT2D eigenvalue weighted by molar-refractivity contribution is -0.116. The van der Waals surface area contributed by atoms with Crippen molar-refractivity contribution in [2.75, 3.05) is 16.8 Å². The summed E-state index contributed by atoms with van der Waals surface area (Å²) < 4.78 is 0. The van der Waals surface area contributed by atoms with Crippen molar-refractivity contribution >= 4 is 17.3 Å². The summed E-state index contributed by atoms with van der Waals surface area (Å²) in [6.07, 6.45) is 0. The normalized spacial score (nSPS) is 17.3. The number of fused-ring (bicyclic) bond motifs is 1. The monoisotopic (exact) mass is 246 g/mol. The number of carbonyl (C=O) groups is 1. The van der Waals surface area contributed by atoms with E-state index in [0.29, 0.717) is 12.5 Å². The zero-order chi connectivity index (χ0) is 13.5. The summed E-state index contributed by atoms with van der Waals surface area (Å²) in [5.41, 5.74) is 3.23. The fourth-order valence-electron chi connectivity index (χ4n) is 2.40. The van der Waals surface area contributed by atoms with Crippen molar-refractivity contribution in [3.05, 3.63) is 23.8 Å². The number of carbonyl (C=O) groups excluding carboxylic acids is 1. The fourth-order valence-corrected chi connectivity index (χ4v) is 2.40. The quantitative estimate of drug-likeness (QED) is 0.824. The lowest BCUT2D eigenvalue weighted by Gasteiger charge is -2.40. The summed E-state index contributed by atoms with van der Waals surface area (Å²) >= 11 is 0. The second-order valence-electron chi connectivity index (χ2n) is 6.05. The van der Waals surface area contributed by atoms with Crippen molar-refractivity contribution < 1.29 is 4.79 Å². The first-order valence-electron chi connectivity index (χ1n) is 6.50. The van der Waals surface area contributed by atoms with E-state index in [1.165, 1.54) is 5.56 Å². The van der Waals surface area contributed by atoms with Gasteiger partial charge in [0.25, 0.3) is 0 Å². The molecule has 98 valence electrons. The van der Waals surface area contributed by atoms with Crippen LogP contribution in [0.1, 0.15) is 46.1 Å². The lowest BCUT2D eigenvalue weighted by Crippen LogP contribution is -2.50. The van der Waals surface area contributed by atoms with Crippen molar-refractivity contribution in [1.29, 1.82) is 0 Å². The topological polar surface area (TPSA) is 32.3 Å². The molecular formula is C15H22N2O. The van der Waals surface area contributed by atoms with Crippen molar-refractivity contribution in [1.82, 2.24) is 0 Å². The molecule has 0 unspecified atom stereocenters. The summed E-state index contributed by atoms with van der Waals surface area (Å²) in [6, 6.07) is 6.35. The highest BCUT2D eigenvalue weighted by atomic mass is 16.2. The maximum Gasteiger partial charge on any atom is 0.224 e. The Hall–Kier alpha value is -1.51. The number of hydrogen-bond donors (Lipinski definition) is 1. The molecule has 3 nitrogen and oxygen atoms in total. The van der Waals surface area contributed by atoms with E-state index in [1.54, 1.807) is 6.92 Å². The van der Waals surface area contributed by atoms with Gasteiger partial charge in [-0.15, -0.1) is 0 Å². The van der Waals surface area contributed by atoms with E-state index in [4.69, 9.17) is 0 Å². The van der Waals surface area contributed by atoms with Crippen LogP contribution in [0.15, 0.2) is 18.2 Å². The van der Waals surface area contributed by atoms with Crippen molar-refractivity contribution in [3.63, 3.8) is 0 Å². The van der Waals surface area contributed by atoms with Crippen LogP contribution in [0.2, 0.25) is 0 Å². The molecule has 0 aromatic heterocycles. The standard InChI is InChI=1S/C15H22N2O/c1-10(2)12-6-7-13-14(8-12)17(11(3)18)9-15(4,5)16-13/h6-8,10,16H,9H2,1-5H3. The summed E-state index contributed by atoms with van der Waals surface area (Å²) in [5, 5.41) is 3.49. The Morgan fingerprint density at radius 3 is 2.61 bits per heavy atom. The van der Waals surface area contributed by atoms with E-state index in [0.717, 1.165) is 11.4 Å². The zero-order valence-corrected chi connectivity index (χ0v) is 11.9. The third-order valence-electron chi connectivity index (χ3n) is 3.39. The largest absolute Gasteiger partial charge is 0.377 e. The van der Waals surface area contributed by atoms with E-state index in [-0.39, 0.29) is 11.4 Å². The molecule has 2 rings (SSSR count). The number of benzene rings is 1. The molecule has 1 aliphatic heterocycles. The molecule has 0 aliphatic carbocycles. The van der Waals surface area contributed by atoms with Gasteiger partial charge in [0.1, 0.15) is 0 Å². The average Bonchev–Trinajstić information content (AvgIpc) is 2.25. The highest BCUT2D eigenvalue weighted by Gasteiger charge is 2.31. The van der Waals surface area contributed by atoms with Gasteiger partial charge < -0.3 is 10.2 Å². The smallest absolute Gasteiger partial charge is 0.224 e. The van der Waals surface area contributed by atoms with Crippen molar-refractivity contribution in [2.24, 2.45) is 0 Å². The maximum absolute atomic E-state index is 11.8. The predicted molar refractivity (Wildman–Crippen MR) is 76.3 cm³/mol. The first kappa shape index (κ1) is 12.9. The van der Waals surface area contributed by atoms with Gasteiger partial charge in [-0.05, 0) is 37.5 Å². The molecule has 3 heteroatoms. The van der Waals surface area contributed by atoms with Crippen LogP contribution in [-0.2, 0) is 4.79 Å². The van der Waals surface area contributed by atoms with Crippen molar-refractivity contribution in [2.45, 2.75) is 46.1 Å². The fraction of sp³-hybridized carbons (Fsp3) is 0.533. The van der Waals surface area contributed by atoms with Gasteiger partial charge in [0, 0.05) is 19.0 Å². The summed E-state index contributed by atoms with van der Waals surface area (Å²) in [6.45, 7) is 10.9. The second kappa shape index (κ2) is 4.30. The van der Waals surface area contributed by atoms with Crippen LogP contribution in [0.3, 0.4) is 0 Å². The molecule has 0 bridgehead atoms. The molecule has 0 atom stereocenters. The van der Waals surface area contributed by atoms with Gasteiger partial charge in [-0.1, -0.05) is 19.9 Å². The van der Waals surface area contributed by atoms with Crippen molar-refractivity contribution in [3.8, 4) is 0 Å². The second-order valence-corrected chi connectivity index (χ2v) is 6.05. The third-order valence-corrected chi connectivity index (χ3v) is 3.39. The summed E-state index contributed by atoms with van der Waals surface area (Å²) in [7, 11) is 0. The predicted octanol–water partition coefficient (Wildman–Crippen LogP) is 3.37. The Balaban J connectivity index is 2.50. The van der Waals surface area contributed by atoms with Crippen LogP contribution >= 0.6 is 0 Å². The molecule has 1 aromatic carbocycles. The van der Waals surface area contributed by atoms with Gasteiger partial charge in [-0.3, -0.25) is 4.79 Å². The highest BCUT2D eigenvalue weighted by molar-refractivity contribution is 5.96. The van der Waals surface area contributed by atoms with Gasteiger partial charge in [-0.25, -0.2) is 0 Å². The number of anilines is 2. The molecule has 1 aromatic rings. The maximum atomic E-state index is 11.8. The third kappa shape index (κ3) is 2.35. The van der Waals surface area contributed by atoms with E-state index >= 15 is 0 Å².